The van der Waals surface area contributed by atoms with E-state index in [1.54, 1.807) is 0 Å². The van der Waals surface area contributed by atoms with Gasteiger partial charge in [-0.1, -0.05) is 135 Å². The van der Waals surface area contributed by atoms with Crippen LogP contribution in [0.5, 0.6) is 0 Å². The van der Waals surface area contributed by atoms with Crippen molar-refractivity contribution in [3.8, 4) is 0 Å². The minimum Gasteiger partial charge on any atom is -0.457 e. The molecule has 0 aromatic heterocycles. The first-order valence-corrected chi connectivity index (χ1v) is 15.8. The topological polar surface area (TPSA) is 55.8 Å². The Bertz CT molecular complexity index is 463. The zero-order chi connectivity index (χ0) is 26.4. The molecule has 214 valence electrons. The van der Waals surface area contributed by atoms with Gasteiger partial charge in [0.15, 0.2) is 0 Å². The molecule has 0 radical (unpaired) electrons. The fourth-order valence-electron chi connectivity index (χ4n) is 4.45. The molecule has 1 unspecified atom stereocenters. The van der Waals surface area contributed by atoms with Crippen molar-refractivity contribution in [1.29, 1.82) is 0 Å². The van der Waals surface area contributed by atoms with Crippen LogP contribution in [0.2, 0.25) is 0 Å². The van der Waals surface area contributed by atoms with Crippen molar-refractivity contribution < 1.29 is 19.4 Å². The van der Waals surface area contributed by atoms with Crippen LogP contribution in [0.1, 0.15) is 162 Å². The second-order valence-corrected chi connectivity index (χ2v) is 10.5. The number of esters is 1. The average Bonchev–Trinajstić information content (AvgIpc) is 2.88. The van der Waals surface area contributed by atoms with E-state index in [1.165, 1.54) is 122 Å². The molecule has 0 bridgehead atoms. The molecule has 0 amide bonds. The molecular weight excluding hydrogens is 448 g/mol. The Morgan fingerprint density at radius 3 is 1.69 bits per heavy atom. The van der Waals surface area contributed by atoms with Crippen LogP contribution in [0.15, 0.2) is 12.2 Å². The first-order chi connectivity index (χ1) is 17.7. The molecule has 0 aliphatic carbocycles. The van der Waals surface area contributed by atoms with Crippen LogP contribution >= 0.6 is 0 Å². The van der Waals surface area contributed by atoms with E-state index >= 15 is 0 Å². The summed E-state index contributed by atoms with van der Waals surface area (Å²) in [6.45, 7) is 5.28. The van der Waals surface area contributed by atoms with E-state index in [9.17, 15) is 9.90 Å². The Morgan fingerprint density at radius 1 is 0.639 bits per heavy atom. The Morgan fingerprint density at radius 2 is 1.14 bits per heavy atom. The number of aliphatic hydroxyl groups excluding tert-OH is 1. The van der Waals surface area contributed by atoms with Crippen molar-refractivity contribution in [1.82, 2.24) is 0 Å². The molecule has 0 aliphatic heterocycles. The summed E-state index contributed by atoms with van der Waals surface area (Å²) in [5.41, 5.74) is 0. The van der Waals surface area contributed by atoms with Crippen LogP contribution in [0.4, 0.5) is 0 Å². The van der Waals surface area contributed by atoms with Crippen LogP contribution in [0.25, 0.3) is 0 Å². The van der Waals surface area contributed by atoms with Gasteiger partial charge in [-0.2, -0.15) is 0 Å². The van der Waals surface area contributed by atoms with Crippen LogP contribution in [-0.4, -0.2) is 37.0 Å². The van der Waals surface area contributed by atoms with Gasteiger partial charge in [0.05, 0.1) is 13.2 Å². The van der Waals surface area contributed by atoms with E-state index in [4.69, 9.17) is 9.47 Å². The van der Waals surface area contributed by atoms with Crippen molar-refractivity contribution in [3.63, 3.8) is 0 Å². The number of hydrogen-bond donors (Lipinski definition) is 1. The van der Waals surface area contributed by atoms with Crippen molar-refractivity contribution in [2.24, 2.45) is 0 Å². The van der Waals surface area contributed by atoms with Gasteiger partial charge in [0.2, 0.25) is 0 Å². The first kappa shape index (κ1) is 35.1. The quantitative estimate of drug-likeness (QED) is 0.0618. The van der Waals surface area contributed by atoms with Crippen molar-refractivity contribution in [2.45, 2.75) is 168 Å². The highest BCUT2D eigenvalue weighted by molar-refractivity contribution is 5.69. The molecule has 0 saturated carbocycles. The van der Waals surface area contributed by atoms with Gasteiger partial charge in [-0.15, -0.1) is 0 Å². The van der Waals surface area contributed by atoms with Crippen LogP contribution in [0.3, 0.4) is 0 Å². The molecule has 1 atom stereocenters. The molecule has 0 aromatic rings. The zero-order valence-corrected chi connectivity index (χ0v) is 24.3. The van der Waals surface area contributed by atoms with Gasteiger partial charge in [0, 0.05) is 13.0 Å². The van der Waals surface area contributed by atoms with E-state index in [0.29, 0.717) is 19.6 Å². The molecule has 1 N–H and O–H groups in total. The van der Waals surface area contributed by atoms with Gasteiger partial charge in [-0.3, -0.25) is 4.79 Å². The maximum Gasteiger partial charge on any atom is 0.306 e. The lowest BCUT2D eigenvalue weighted by Crippen LogP contribution is -2.27. The second-order valence-electron chi connectivity index (χ2n) is 10.5. The van der Waals surface area contributed by atoms with Crippen molar-refractivity contribution in [3.05, 3.63) is 12.2 Å². The Labute approximate surface area is 225 Å². The number of rotatable bonds is 29. The summed E-state index contributed by atoms with van der Waals surface area (Å²) < 4.78 is 11.0. The van der Waals surface area contributed by atoms with E-state index in [2.05, 4.69) is 26.0 Å². The SMILES string of the molecule is CCC/C=C\CCCCCCCCOCC(CO)OC(=O)CCCCCCCCCCCCCCC. The molecule has 4 nitrogen and oxygen atoms in total. The second kappa shape index (κ2) is 30.4. The molecule has 0 heterocycles. The molecule has 36 heavy (non-hydrogen) atoms. The van der Waals surface area contributed by atoms with Gasteiger partial charge >= 0.3 is 5.97 Å². The first-order valence-electron chi connectivity index (χ1n) is 15.8. The fourth-order valence-corrected chi connectivity index (χ4v) is 4.45. The summed E-state index contributed by atoms with van der Waals surface area (Å²) in [5.74, 6) is -0.203. The standard InChI is InChI=1S/C32H62O4/c1-3-5-7-9-11-13-15-16-17-19-21-23-25-27-32(34)36-31(29-33)30-35-28-26-24-22-20-18-14-12-10-8-6-4-2/h8,10,31,33H,3-7,9,11-30H2,1-2H3/b10-8-. The number of ether oxygens (including phenoxy) is 2. The highest BCUT2D eigenvalue weighted by atomic mass is 16.6. The maximum absolute atomic E-state index is 12.1. The monoisotopic (exact) mass is 510 g/mol. The molecule has 0 aromatic carbocycles. The molecule has 0 spiro atoms. The van der Waals surface area contributed by atoms with Crippen LogP contribution in [0, 0.1) is 0 Å². The number of carbonyl (C=O) groups is 1. The zero-order valence-electron chi connectivity index (χ0n) is 24.3. The third kappa shape index (κ3) is 27.7. The van der Waals surface area contributed by atoms with Crippen LogP contribution in [-0.2, 0) is 14.3 Å². The van der Waals surface area contributed by atoms with Crippen molar-refractivity contribution >= 4 is 5.97 Å². The highest BCUT2D eigenvalue weighted by Gasteiger charge is 2.13. The predicted molar refractivity (Wildman–Crippen MR) is 154 cm³/mol. The van der Waals surface area contributed by atoms with Gasteiger partial charge in [0.1, 0.15) is 6.10 Å². The Kier molecular flexibility index (Phi) is 29.6. The van der Waals surface area contributed by atoms with E-state index < -0.39 is 6.10 Å². The molecule has 0 saturated heterocycles. The highest BCUT2D eigenvalue weighted by Crippen LogP contribution is 2.13. The van der Waals surface area contributed by atoms with Crippen LogP contribution < -0.4 is 0 Å². The number of aliphatic hydroxyl groups is 1. The van der Waals surface area contributed by atoms with Gasteiger partial charge < -0.3 is 14.6 Å². The molecule has 4 heteroatoms. The summed E-state index contributed by atoms with van der Waals surface area (Å²) in [5, 5.41) is 9.49. The number of carbonyl (C=O) groups excluding carboxylic acids is 1. The summed E-state index contributed by atoms with van der Waals surface area (Å²) in [6.07, 6.45) is 32.3. The van der Waals surface area contributed by atoms with Crippen molar-refractivity contribution in [2.75, 3.05) is 19.8 Å². The summed E-state index contributed by atoms with van der Waals surface area (Å²) in [6, 6.07) is 0. The summed E-state index contributed by atoms with van der Waals surface area (Å²) in [7, 11) is 0. The predicted octanol–water partition coefficient (Wildman–Crippen LogP) is 9.48. The van der Waals surface area contributed by atoms with E-state index in [-0.39, 0.29) is 12.6 Å². The number of unbranched alkanes of at least 4 members (excludes halogenated alkanes) is 19. The molecule has 0 rings (SSSR count). The third-order valence-corrected chi connectivity index (χ3v) is 6.82. The average molecular weight is 511 g/mol. The van der Waals surface area contributed by atoms with E-state index in [1.807, 2.05) is 0 Å². The lowest BCUT2D eigenvalue weighted by Gasteiger charge is -2.15. The number of allylic oxidation sites excluding steroid dienone is 2. The lowest BCUT2D eigenvalue weighted by atomic mass is 10.0. The van der Waals surface area contributed by atoms with Gasteiger partial charge in [-0.25, -0.2) is 0 Å². The maximum atomic E-state index is 12.1. The Hall–Kier alpha value is -0.870. The van der Waals surface area contributed by atoms with E-state index in [0.717, 1.165) is 19.3 Å². The normalized spacial score (nSPS) is 12.4. The smallest absolute Gasteiger partial charge is 0.306 e. The third-order valence-electron chi connectivity index (χ3n) is 6.82. The minimum atomic E-state index is -0.528. The molecule has 0 fully saturated rings. The van der Waals surface area contributed by atoms with Gasteiger partial charge in [-0.05, 0) is 32.1 Å². The lowest BCUT2D eigenvalue weighted by molar-refractivity contribution is -0.154. The summed E-state index contributed by atoms with van der Waals surface area (Å²) >= 11 is 0. The number of hydrogen-bond acceptors (Lipinski definition) is 4. The minimum absolute atomic E-state index is 0.170. The largest absolute Gasteiger partial charge is 0.457 e. The molecule has 0 aliphatic rings. The Balaban J connectivity index is 3.43. The molecular formula is C32H62O4. The summed E-state index contributed by atoms with van der Waals surface area (Å²) in [4.78, 5) is 12.1. The fraction of sp³-hybridized carbons (Fsp3) is 0.906. The van der Waals surface area contributed by atoms with Gasteiger partial charge in [0.25, 0.3) is 0 Å².